The van der Waals surface area contributed by atoms with E-state index in [0.717, 1.165) is 36.5 Å². The number of benzene rings is 1. The summed E-state index contributed by atoms with van der Waals surface area (Å²) >= 11 is 0. The Bertz CT molecular complexity index is 452. The smallest absolute Gasteiger partial charge is 0.327 e. The largest absolute Gasteiger partial charge is 0.416 e. The van der Waals surface area contributed by atoms with E-state index in [1.165, 1.54) is 6.42 Å². The molecule has 0 spiro atoms. The first-order chi connectivity index (χ1) is 9.77. The second-order valence-corrected chi connectivity index (χ2v) is 6.59. The number of rotatable bonds is 3. The molecule has 0 bridgehead atoms. The Morgan fingerprint density at radius 1 is 1.10 bits per heavy atom. The lowest BCUT2D eigenvalue weighted by Crippen LogP contribution is -2.37. The maximum atomic E-state index is 12.5. The van der Waals surface area contributed by atoms with E-state index in [-0.39, 0.29) is 6.04 Å². The lowest BCUT2D eigenvalue weighted by molar-refractivity contribution is -0.137. The van der Waals surface area contributed by atoms with E-state index in [4.69, 9.17) is 5.73 Å². The number of nitrogens with two attached hydrogens (primary N) is 1. The van der Waals surface area contributed by atoms with Crippen LogP contribution >= 0.6 is 0 Å². The minimum Gasteiger partial charge on any atom is -0.327 e. The maximum absolute atomic E-state index is 12.5. The first-order valence-electron chi connectivity index (χ1n) is 7.69. The van der Waals surface area contributed by atoms with Crippen molar-refractivity contribution in [1.29, 1.82) is 0 Å². The fourth-order valence-corrected chi connectivity index (χ4v) is 3.25. The SMILES string of the molecule is CC1CCC(C(N)Cc2ccc(C(F)(F)F)cc2)CC1C. The van der Waals surface area contributed by atoms with Crippen LogP contribution in [0.4, 0.5) is 13.2 Å². The highest BCUT2D eigenvalue weighted by molar-refractivity contribution is 5.25. The molecule has 4 heteroatoms. The normalized spacial score (nSPS) is 28.4. The molecule has 0 heterocycles. The van der Waals surface area contributed by atoms with Gasteiger partial charge in [-0.1, -0.05) is 32.4 Å². The van der Waals surface area contributed by atoms with Crippen LogP contribution in [0.2, 0.25) is 0 Å². The Morgan fingerprint density at radius 3 is 2.24 bits per heavy atom. The summed E-state index contributed by atoms with van der Waals surface area (Å²) < 4.78 is 37.6. The van der Waals surface area contributed by atoms with Crippen LogP contribution in [0.3, 0.4) is 0 Å². The molecule has 1 fully saturated rings. The second-order valence-electron chi connectivity index (χ2n) is 6.59. The van der Waals surface area contributed by atoms with Gasteiger partial charge in [0.1, 0.15) is 0 Å². The summed E-state index contributed by atoms with van der Waals surface area (Å²) in [4.78, 5) is 0. The van der Waals surface area contributed by atoms with Gasteiger partial charge < -0.3 is 5.73 Å². The first kappa shape index (κ1) is 16.3. The molecular weight excluding hydrogens is 275 g/mol. The van der Waals surface area contributed by atoms with Gasteiger partial charge in [0.15, 0.2) is 0 Å². The average molecular weight is 299 g/mol. The molecule has 1 aliphatic carbocycles. The summed E-state index contributed by atoms with van der Waals surface area (Å²) in [7, 11) is 0. The van der Waals surface area contributed by atoms with Crippen LogP contribution in [0.1, 0.15) is 44.2 Å². The highest BCUT2D eigenvalue weighted by Gasteiger charge is 2.31. The summed E-state index contributed by atoms with van der Waals surface area (Å²) in [5, 5.41) is 0. The number of alkyl halides is 3. The average Bonchev–Trinajstić information content (AvgIpc) is 2.41. The molecule has 2 rings (SSSR count). The molecule has 0 aliphatic heterocycles. The van der Waals surface area contributed by atoms with Gasteiger partial charge >= 0.3 is 6.18 Å². The second kappa shape index (κ2) is 6.39. The molecule has 1 aromatic carbocycles. The van der Waals surface area contributed by atoms with Gasteiger partial charge in [0, 0.05) is 6.04 Å². The molecule has 21 heavy (non-hydrogen) atoms. The molecule has 118 valence electrons. The van der Waals surface area contributed by atoms with Crippen LogP contribution in [0.15, 0.2) is 24.3 Å². The highest BCUT2D eigenvalue weighted by Crippen LogP contribution is 2.35. The summed E-state index contributed by atoms with van der Waals surface area (Å²) in [6.45, 7) is 4.55. The highest BCUT2D eigenvalue weighted by atomic mass is 19.4. The van der Waals surface area contributed by atoms with E-state index in [9.17, 15) is 13.2 Å². The van der Waals surface area contributed by atoms with E-state index in [1.54, 1.807) is 12.1 Å². The molecule has 0 amide bonds. The van der Waals surface area contributed by atoms with Crippen LogP contribution in [0, 0.1) is 17.8 Å². The zero-order valence-corrected chi connectivity index (χ0v) is 12.7. The number of halogens is 3. The molecule has 1 nitrogen and oxygen atoms in total. The third kappa shape index (κ3) is 4.22. The van der Waals surface area contributed by atoms with Crippen molar-refractivity contribution in [2.24, 2.45) is 23.5 Å². The molecule has 0 aromatic heterocycles. The third-order valence-electron chi connectivity index (χ3n) is 5.00. The monoisotopic (exact) mass is 299 g/mol. The molecule has 1 aromatic rings. The van der Waals surface area contributed by atoms with Gasteiger partial charge in [-0.25, -0.2) is 0 Å². The van der Waals surface area contributed by atoms with Gasteiger partial charge in [0.25, 0.3) is 0 Å². The van der Waals surface area contributed by atoms with E-state index < -0.39 is 11.7 Å². The predicted molar refractivity (Wildman–Crippen MR) is 78.8 cm³/mol. The predicted octanol–water partition coefficient (Wildman–Crippen LogP) is 4.65. The standard InChI is InChI=1S/C17H24F3N/c1-11-3-6-14(9-12(11)2)16(21)10-13-4-7-15(8-5-13)17(18,19)20/h4-5,7-8,11-12,14,16H,3,6,9-10,21H2,1-2H3. The molecule has 4 atom stereocenters. The van der Waals surface area contributed by atoms with E-state index >= 15 is 0 Å². The van der Waals surface area contributed by atoms with Crippen LogP contribution in [0.5, 0.6) is 0 Å². The van der Waals surface area contributed by atoms with Gasteiger partial charge in [-0.05, 0) is 54.7 Å². The van der Waals surface area contributed by atoms with Gasteiger partial charge in [-0.15, -0.1) is 0 Å². The van der Waals surface area contributed by atoms with Crippen LogP contribution in [-0.4, -0.2) is 6.04 Å². The maximum Gasteiger partial charge on any atom is 0.416 e. The minimum absolute atomic E-state index is 0.0386. The topological polar surface area (TPSA) is 26.0 Å². The quantitative estimate of drug-likeness (QED) is 0.864. The fraction of sp³-hybridized carbons (Fsp3) is 0.647. The lowest BCUT2D eigenvalue weighted by Gasteiger charge is -2.35. The van der Waals surface area contributed by atoms with E-state index in [1.807, 2.05) is 0 Å². The molecule has 0 saturated heterocycles. The van der Waals surface area contributed by atoms with Crippen molar-refractivity contribution in [3.63, 3.8) is 0 Å². The molecule has 1 saturated carbocycles. The molecule has 1 aliphatic rings. The lowest BCUT2D eigenvalue weighted by atomic mass is 9.72. The van der Waals surface area contributed by atoms with Gasteiger partial charge in [0.2, 0.25) is 0 Å². The molecule has 2 N–H and O–H groups in total. The Hall–Kier alpha value is -1.03. The summed E-state index contributed by atoms with van der Waals surface area (Å²) in [5.41, 5.74) is 6.58. The Morgan fingerprint density at radius 2 is 1.71 bits per heavy atom. The summed E-state index contributed by atoms with van der Waals surface area (Å²) in [5.74, 6) is 1.92. The molecular formula is C17H24F3N. The van der Waals surface area contributed by atoms with Gasteiger partial charge in [-0.2, -0.15) is 13.2 Å². The van der Waals surface area contributed by atoms with Gasteiger partial charge in [0.05, 0.1) is 5.56 Å². The van der Waals surface area contributed by atoms with Crippen molar-refractivity contribution in [1.82, 2.24) is 0 Å². The zero-order chi connectivity index (χ0) is 15.6. The van der Waals surface area contributed by atoms with E-state index in [0.29, 0.717) is 18.3 Å². The summed E-state index contributed by atoms with van der Waals surface area (Å²) in [6, 6.07) is 5.44. The van der Waals surface area contributed by atoms with Crippen molar-refractivity contribution in [3.8, 4) is 0 Å². The van der Waals surface area contributed by atoms with Crippen LogP contribution < -0.4 is 5.73 Å². The van der Waals surface area contributed by atoms with Crippen LogP contribution in [0.25, 0.3) is 0 Å². The van der Waals surface area contributed by atoms with Crippen LogP contribution in [-0.2, 0) is 12.6 Å². The first-order valence-corrected chi connectivity index (χ1v) is 7.69. The summed E-state index contributed by atoms with van der Waals surface area (Å²) in [6.07, 6.45) is -0.150. The molecule has 0 radical (unpaired) electrons. The van der Waals surface area contributed by atoms with Crippen molar-refractivity contribution in [2.75, 3.05) is 0 Å². The molecule has 4 unspecified atom stereocenters. The van der Waals surface area contributed by atoms with E-state index in [2.05, 4.69) is 13.8 Å². The van der Waals surface area contributed by atoms with Crippen molar-refractivity contribution in [3.05, 3.63) is 35.4 Å². The van der Waals surface area contributed by atoms with Crippen molar-refractivity contribution >= 4 is 0 Å². The zero-order valence-electron chi connectivity index (χ0n) is 12.7. The Labute approximate surface area is 124 Å². The Balaban J connectivity index is 1.95. The van der Waals surface area contributed by atoms with Crippen molar-refractivity contribution < 1.29 is 13.2 Å². The van der Waals surface area contributed by atoms with Gasteiger partial charge in [-0.3, -0.25) is 0 Å². The number of hydrogen-bond acceptors (Lipinski definition) is 1. The third-order valence-corrected chi connectivity index (χ3v) is 5.00. The number of hydrogen-bond donors (Lipinski definition) is 1. The minimum atomic E-state index is -4.27. The van der Waals surface area contributed by atoms with Crippen molar-refractivity contribution in [2.45, 2.75) is 51.7 Å². The Kier molecular flexibility index (Phi) is 4.97. The fourth-order valence-electron chi connectivity index (χ4n) is 3.25.